The van der Waals surface area contributed by atoms with Crippen molar-refractivity contribution < 1.29 is 4.79 Å². The van der Waals surface area contributed by atoms with Gasteiger partial charge >= 0.3 is 0 Å². The minimum atomic E-state index is -0.0440. The maximum atomic E-state index is 11.9. The largest absolute Gasteiger partial charge is 0.351 e. The zero-order chi connectivity index (χ0) is 12.8. The highest BCUT2D eigenvalue weighted by molar-refractivity contribution is 6.21. The van der Waals surface area contributed by atoms with Crippen molar-refractivity contribution in [3.63, 3.8) is 0 Å². The highest BCUT2D eigenvalue weighted by Crippen LogP contribution is 2.10. The number of hydrogen-bond donors (Lipinski definition) is 1. The van der Waals surface area contributed by atoms with Gasteiger partial charge in [-0.2, -0.15) is 0 Å². The lowest BCUT2D eigenvalue weighted by Gasteiger charge is -2.13. The van der Waals surface area contributed by atoms with E-state index in [1.54, 1.807) is 0 Å². The van der Waals surface area contributed by atoms with E-state index >= 15 is 0 Å². The molecular weight excluding hydrogens is 234 g/mol. The second kappa shape index (κ2) is 6.65. The number of carbonyl (C=O) groups excluding carboxylic acids is 1. The Morgan fingerprint density at radius 2 is 2.00 bits per heavy atom. The van der Waals surface area contributed by atoms with Crippen LogP contribution in [0.25, 0.3) is 0 Å². The van der Waals surface area contributed by atoms with Gasteiger partial charge in [0.05, 0.1) is 5.38 Å². The summed E-state index contributed by atoms with van der Waals surface area (Å²) in [6.45, 7) is 6.70. The molecule has 0 aromatic heterocycles. The van der Waals surface area contributed by atoms with Crippen LogP contribution >= 0.6 is 11.6 Å². The van der Waals surface area contributed by atoms with Crippen LogP contribution in [-0.2, 0) is 0 Å². The lowest BCUT2D eigenvalue weighted by molar-refractivity contribution is 0.0952. The van der Waals surface area contributed by atoms with Gasteiger partial charge in [0.25, 0.3) is 5.91 Å². The summed E-state index contributed by atoms with van der Waals surface area (Å²) in [6.07, 6.45) is 0.912. The van der Waals surface area contributed by atoms with Gasteiger partial charge in [0, 0.05) is 12.1 Å². The van der Waals surface area contributed by atoms with Crippen molar-refractivity contribution in [1.29, 1.82) is 0 Å². The molecule has 17 heavy (non-hydrogen) atoms. The van der Waals surface area contributed by atoms with Crippen LogP contribution in [-0.4, -0.2) is 17.8 Å². The van der Waals surface area contributed by atoms with E-state index in [1.807, 2.05) is 31.2 Å². The average molecular weight is 254 g/mol. The first-order valence-electron chi connectivity index (χ1n) is 5.98. The van der Waals surface area contributed by atoms with E-state index in [1.165, 1.54) is 0 Å². The van der Waals surface area contributed by atoms with Crippen molar-refractivity contribution in [2.75, 3.05) is 6.54 Å². The molecule has 2 nitrogen and oxygen atoms in total. The zero-order valence-electron chi connectivity index (χ0n) is 10.7. The van der Waals surface area contributed by atoms with Crippen LogP contribution in [0.5, 0.6) is 0 Å². The van der Waals surface area contributed by atoms with E-state index in [2.05, 4.69) is 19.2 Å². The number of rotatable bonds is 5. The smallest absolute Gasteiger partial charge is 0.251 e. The van der Waals surface area contributed by atoms with Crippen LogP contribution in [0.4, 0.5) is 0 Å². The summed E-state index contributed by atoms with van der Waals surface area (Å²) in [4.78, 5) is 11.9. The molecule has 0 spiro atoms. The third kappa shape index (κ3) is 4.78. The van der Waals surface area contributed by atoms with Gasteiger partial charge in [0.2, 0.25) is 0 Å². The van der Waals surface area contributed by atoms with Crippen LogP contribution in [0, 0.1) is 12.8 Å². The fraction of sp³-hybridized carbons (Fsp3) is 0.500. The fourth-order valence-corrected chi connectivity index (χ4v) is 2.15. The van der Waals surface area contributed by atoms with Crippen molar-refractivity contribution in [3.05, 3.63) is 35.4 Å². The number of nitrogens with one attached hydrogen (secondary N) is 1. The van der Waals surface area contributed by atoms with Gasteiger partial charge in [0.15, 0.2) is 0 Å². The van der Waals surface area contributed by atoms with Crippen LogP contribution in [0.15, 0.2) is 24.3 Å². The van der Waals surface area contributed by atoms with E-state index in [4.69, 9.17) is 11.6 Å². The maximum Gasteiger partial charge on any atom is 0.251 e. The Balaban J connectivity index is 2.48. The van der Waals surface area contributed by atoms with Gasteiger partial charge in [-0.3, -0.25) is 4.79 Å². The monoisotopic (exact) mass is 253 g/mol. The van der Waals surface area contributed by atoms with Crippen LogP contribution in [0.3, 0.4) is 0 Å². The Hall–Kier alpha value is -1.02. The molecule has 0 saturated heterocycles. The number of aryl methyl sites for hydroxylation is 1. The molecule has 1 amide bonds. The Kier molecular flexibility index (Phi) is 5.49. The molecule has 0 bridgehead atoms. The van der Waals surface area contributed by atoms with E-state index in [-0.39, 0.29) is 11.3 Å². The van der Waals surface area contributed by atoms with Crippen molar-refractivity contribution >= 4 is 17.5 Å². The SMILES string of the molecule is Cc1ccccc1C(=O)NCC(Cl)CC(C)C. The first-order chi connectivity index (χ1) is 8.00. The number of amides is 1. The van der Waals surface area contributed by atoms with Gasteiger partial charge in [-0.05, 0) is 30.9 Å². The lowest BCUT2D eigenvalue weighted by atomic mass is 10.1. The van der Waals surface area contributed by atoms with Crippen LogP contribution in [0.2, 0.25) is 0 Å². The molecule has 1 rings (SSSR count). The minimum Gasteiger partial charge on any atom is -0.351 e. The summed E-state index contributed by atoms with van der Waals surface area (Å²) >= 11 is 6.13. The molecule has 94 valence electrons. The molecular formula is C14H20ClNO. The highest BCUT2D eigenvalue weighted by Gasteiger charge is 2.11. The predicted octanol–water partition coefficient (Wildman–Crippen LogP) is 3.38. The van der Waals surface area contributed by atoms with E-state index < -0.39 is 0 Å². The van der Waals surface area contributed by atoms with Crippen LogP contribution < -0.4 is 5.32 Å². The van der Waals surface area contributed by atoms with Crippen molar-refractivity contribution in [2.24, 2.45) is 5.92 Å². The summed E-state index contributed by atoms with van der Waals surface area (Å²) in [5.41, 5.74) is 1.71. The minimum absolute atomic E-state index is 0.00275. The number of carbonyl (C=O) groups is 1. The zero-order valence-corrected chi connectivity index (χ0v) is 11.4. The Morgan fingerprint density at radius 3 is 2.59 bits per heavy atom. The predicted molar refractivity (Wildman–Crippen MR) is 72.6 cm³/mol. The second-order valence-corrected chi connectivity index (χ2v) is 5.37. The molecule has 1 aromatic carbocycles. The Bertz CT molecular complexity index is 376. The summed E-state index contributed by atoms with van der Waals surface area (Å²) in [5.74, 6) is 0.505. The molecule has 0 aliphatic heterocycles. The molecule has 0 aliphatic rings. The van der Waals surface area contributed by atoms with E-state index in [0.717, 1.165) is 17.5 Å². The van der Waals surface area contributed by atoms with Gasteiger partial charge in [0.1, 0.15) is 0 Å². The van der Waals surface area contributed by atoms with Crippen molar-refractivity contribution in [2.45, 2.75) is 32.6 Å². The van der Waals surface area contributed by atoms with Gasteiger partial charge in [-0.25, -0.2) is 0 Å². The fourth-order valence-electron chi connectivity index (χ4n) is 1.72. The van der Waals surface area contributed by atoms with Crippen molar-refractivity contribution in [1.82, 2.24) is 5.32 Å². The quantitative estimate of drug-likeness (QED) is 0.801. The van der Waals surface area contributed by atoms with Crippen molar-refractivity contribution in [3.8, 4) is 0 Å². The number of benzene rings is 1. The molecule has 0 fully saturated rings. The number of halogens is 1. The third-order valence-corrected chi connectivity index (χ3v) is 2.93. The van der Waals surface area contributed by atoms with Crippen LogP contribution in [0.1, 0.15) is 36.2 Å². The van der Waals surface area contributed by atoms with Gasteiger partial charge in [-0.15, -0.1) is 11.6 Å². The van der Waals surface area contributed by atoms with E-state index in [0.29, 0.717) is 12.5 Å². The van der Waals surface area contributed by atoms with Gasteiger partial charge < -0.3 is 5.32 Å². The van der Waals surface area contributed by atoms with E-state index in [9.17, 15) is 4.79 Å². The second-order valence-electron chi connectivity index (χ2n) is 4.75. The molecule has 1 unspecified atom stereocenters. The molecule has 1 atom stereocenters. The Labute approximate surface area is 108 Å². The molecule has 0 radical (unpaired) electrons. The number of hydrogen-bond acceptors (Lipinski definition) is 1. The summed E-state index contributed by atoms with van der Waals surface area (Å²) in [6, 6.07) is 7.56. The summed E-state index contributed by atoms with van der Waals surface area (Å²) in [7, 11) is 0. The molecule has 3 heteroatoms. The normalized spacial score (nSPS) is 12.5. The first-order valence-corrected chi connectivity index (χ1v) is 6.42. The maximum absolute atomic E-state index is 11.9. The summed E-state index contributed by atoms with van der Waals surface area (Å²) in [5, 5.41) is 2.88. The highest BCUT2D eigenvalue weighted by atomic mass is 35.5. The lowest BCUT2D eigenvalue weighted by Crippen LogP contribution is -2.30. The first kappa shape index (κ1) is 14.0. The van der Waals surface area contributed by atoms with Gasteiger partial charge in [-0.1, -0.05) is 32.0 Å². The molecule has 0 heterocycles. The molecule has 0 aliphatic carbocycles. The Morgan fingerprint density at radius 1 is 1.35 bits per heavy atom. The third-order valence-electron chi connectivity index (χ3n) is 2.60. The average Bonchev–Trinajstić information content (AvgIpc) is 2.25. The molecule has 1 N–H and O–H groups in total. The molecule has 0 saturated carbocycles. The standard InChI is InChI=1S/C14H20ClNO/c1-10(2)8-12(15)9-16-14(17)13-7-5-4-6-11(13)3/h4-7,10,12H,8-9H2,1-3H3,(H,16,17). The topological polar surface area (TPSA) is 29.1 Å². The molecule has 1 aromatic rings. The summed E-state index contributed by atoms with van der Waals surface area (Å²) < 4.78 is 0. The number of alkyl halides is 1.